The highest BCUT2D eigenvalue weighted by molar-refractivity contribution is 5.90. The summed E-state index contributed by atoms with van der Waals surface area (Å²) in [5.74, 6) is 1.37. The molecule has 2 aromatic carbocycles. The van der Waals surface area contributed by atoms with Gasteiger partial charge in [0.05, 0.1) is 19.4 Å². The lowest BCUT2D eigenvalue weighted by Crippen LogP contribution is -2.10. The minimum Gasteiger partial charge on any atom is -0.497 e. The van der Waals surface area contributed by atoms with Crippen LogP contribution in [-0.4, -0.2) is 34.4 Å². The van der Waals surface area contributed by atoms with Crippen molar-refractivity contribution in [2.45, 2.75) is 26.7 Å². The average molecular weight is 380 g/mol. The Morgan fingerprint density at radius 1 is 1.14 bits per heavy atom. The first-order chi connectivity index (χ1) is 13.6. The summed E-state index contributed by atoms with van der Waals surface area (Å²) in [5.41, 5.74) is 2.36. The Kier molecular flexibility index (Phi) is 6.26. The van der Waals surface area contributed by atoms with Crippen LogP contribution in [0.1, 0.15) is 26.7 Å². The van der Waals surface area contributed by atoms with Crippen LogP contribution < -0.4 is 14.8 Å². The summed E-state index contributed by atoms with van der Waals surface area (Å²) < 4.78 is 12.6. The van der Waals surface area contributed by atoms with Crippen LogP contribution >= 0.6 is 0 Å². The molecule has 0 unspecified atom stereocenters. The number of carbonyl (C=O) groups excluding carboxylic acids is 1. The number of anilines is 1. The molecule has 28 heavy (non-hydrogen) atoms. The molecule has 0 fully saturated rings. The molecule has 0 aliphatic rings. The molecule has 0 aliphatic carbocycles. The average Bonchev–Trinajstić information content (AvgIpc) is 3.16. The molecule has 0 saturated heterocycles. The summed E-state index contributed by atoms with van der Waals surface area (Å²) >= 11 is 0. The zero-order chi connectivity index (χ0) is 19.9. The van der Waals surface area contributed by atoms with Crippen LogP contribution in [0.4, 0.5) is 5.69 Å². The number of hydrogen-bond acceptors (Lipinski definition) is 5. The van der Waals surface area contributed by atoms with Crippen LogP contribution in [0.2, 0.25) is 0 Å². The van der Waals surface area contributed by atoms with Gasteiger partial charge in [-0.05, 0) is 48.9 Å². The number of hydrogen-bond donors (Lipinski definition) is 1. The normalized spacial score (nSPS) is 10.5. The summed E-state index contributed by atoms with van der Waals surface area (Å²) in [4.78, 5) is 16.3. The van der Waals surface area contributed by atoms with Crippen LogP contribution in [0, 0.1) is 0 Å². The standard InChI is InChI=1S/C21H24N4O3/c1-4-13-28-21-23-20(15-9-11-18(27-3)12-10-15)25(24-21)17-8-6-7-16(14-17)22-19(26)5-2/h6-12,14H,4-5,13H2,1-3H3,(H,22,26). The van der Waals surface area contributed by atoms with Gasteiger partial charge in [0.25, 0.3) is 0 Å². The minimum absolute atomic E-state index is 0.0434. The maximum atomic E-state index is 11.7. The van der Waals surface area contributed by atoms with Crippen LogP contribution in [0.5, 0.6) is 11.8 Å². The van der Waals surface area contributed by atoms with E-state index in [4.69, 9.17) is 9.47 Å². The molecule has 7 heteroatoms. The van der Waals surface area contributed by atoms with Gasteiger partial charge in [0, 0.05) is 17.7 Å². The lowest BCUT2D eigenvalue weighted by Gasteiger charge is -2.09. The Morgan fingerprint density at radius 3 is 2.61 bits per heavy atom. The molecule has 1 heterocycles. The van der Waals surface area contributed by atoms with Crippen molar-refractivity contribution < 1.29 is 14.3 Å². The minimum atomic E-state index is -0.0434. The topological polar surface area (TPSA) is 78.3 Å². The lowest BCUT2D eigenvalue weighted by molar-refractivity contribution is -0.115. The molecule has 0 aliphatic heterocycles. The number of aromatic nitrogens is 3. The van der Waals surface area contributed by atoms with Crippen LogP contribution in [0.3, 0.4) is 0 Å². The van der Waals surface area contributed by atoms with Crippen molar-refractivity contribution in [1.29, 1.82) is 0 Å². The summed E-state index contributed by atoms with van der Waals surface area (Å²) in [6, 6.07) is 15.4. The third kappa shape index (κ3) is 4.49. The van der Waals surface area contributed by atoms with Crippen LogP contribution in [0.25, 0.3) is 17.1 Å². The molecular formula is C21H24N4O3. The fourth-order valence-corrected chi connectivity index (χ4v) is 2.62. The highest BCUT2D eigenvalue weighted by Gasteiger charge is 2.15. The van der Waals surface area contributed by atoms with Gasteiger partial charge in [-0.1, -0.05) is 19.9 Å². The van der Waals surface area contributed by atoms with Gasteiger partial charge in [-0.2, -0.15) is 4.98 Å². The highest BCUT2D eigenvalue weighted by Crippen LogP contribution is 2.26. The molecule has 146 valence electrons. The molecule has 0 radical (unpaired) electrons. The van der Waals surface area contributed by atoms with Gasteiger partial charge in [0.2, 0.25) is 5.91 Å². The van der Waals surface area contributed by atoms with Gasteiger partial charge >= 0.3 is 6.01 Å². The SMILES string of the molecule is CCCOc1nc(-c2ccc(OC)cc2)n(-c2cccc(NC(=O)CC)c2)n1. The zero-order valence-electron chi connectivity index (χ0n) is 16.3. The van der Waals surface area contributed by atoms with Crippen molar-refractivity contribution in [3.8, 4) is 28.8 Å². The second kappa shape index (κ2) is 9.03. The fraction of sp³-hybridized carbons (Fsp3) is 0.286. The van der Waals surface area contributed by atoms with Crippen LogP contribution in [-0.2, 0) is 4.79 Å². The van der Waals surface area contributed by atoms with Gasteiger partial charge in [-0.3, -0.25) is 4.79 Å². The molecule has 1 aromatic heterocycles. The molecule has 3 rings (SSSR count). The predicted octanol–water partition coefficient (Wildman–Crippen LogP) is 4.08. The number of amides is 1. The smallest absolute Gasteiger partial charge is 0.336 e. The van der Waals surface area contributed by atoms with Gasteiger partial charge < -0.3 is 14.8 Å². The number of rotatable bonds is 8. The third-order valence-corrected chi connectivity index (χ3v) is 4.07. The number of nitrogens with one attached hydrogen (secondary N) is 1. The summed E-state index contributed by atoms with van der Waals surface area (Å²) in [5, 5.41) is 7.39. The van der Waals surface area contributed by atoms with Crippen molar-refractivity contribution in [1.82, 2.24) is 14.8 Å². The first-order valence-corrected chi connectivity index (χ1v) is 9.29. The van der Waals surface area contributed by atoms with Crippen molar-refractivity contribution >= 4 is 11.6 Å². The first kappa shape index (κ1) is 19.4. The van der Waals surface area contributed by atoms with E-state index in [1.165, 1.54) is 0 Å². The van der Waals surface area contributed by atoms with Crippen molar-refractivity contribution in [3.63, 3.8) is 0 Å². The van der Waals surface area contributed by atoms with E-state index in [1.807, 2.05) is 62.4 Å². The number of methoxy groups -OCH3 is 1. The van der Waals surface area contributed by atoms with E-state index in [9.17, 15) is 4.79 Å². The van der Waals surface area contributed by atoms with E-state index in [0.29, 0.717) is 30.5 Å². The van der Waals surface area contributed by atoms with Gasteiger partial charge in [0.15, 0.2) is 5.82 Å². The number of nitrogens with zero attached hydrogens (tertiary/aromatic N) is 3. The molecule has 3 aromatic rings. The van der Waals surface area contributed by atoms with Crippen molar-refractivity contribution in [3.05, 3.63) is 48.5 Å². The van der Waals surface area contributed by atoms with E-state index in [1.54, 1.807) is 11.8 Å². The number of ether oxygens (including phenoxy) is 2. The van der Waals surface area contributed by atoms with E-state index in [2.05, 4.69) is 15.4 Å². The maximum absolute atomic E-state index is 11.7. The fourth-order valence-electron chi connectivity index (χ4n) is 2.62. The second-order valence-corrected chi connectivity index (χ2v) is 6.16. The summed E-state index contributed by atoms with van der Waals surface area (Å²) in [7, 11) is 1.63. The Hall–Kier alpha value is -3.35. The van der Waals surface area contributed by atoms with Gasteiger partial charge in [-0.25, -0.2) is 4.68 Å². The highest BCUT2D eigenvalue weighted by atomic mass is 16.5. The molecule has 1 N–H and O–H groups in total. The molecule has 7 nitrogen and oxygen atoms in total. The van der Waals surface area contributed by atoms with E-state index in [0.717, 1.165) is 23.4 Å². The lowest BCUT2D eigenvalue weighted by atomic mass is 10.2. The van der Waals surface area contributed by atoms with Crippen molar-refractivity contribution in [2.24, 2.45) is 0 Å². The van der Waals surface area contributed by atoms with E-state index >= 15 is 0 Å². The maximum Gasteiger partial charge on any atom is 0.336 e. The number of carbonyl (C=O) groups is 1. The number of benzene rings is 2. The van der Waals surface area contributed by atoms with Gasteiger partial charge in [0.1, 0.15) is 5.75 Å². The monoisotopic (exact) mass is 380 g/mol. The Morgan fingerprint density at radius 2 is 1.93 bits per heavy atom. The zero-order valence-corrected chi connectivity index (χ0v) is 16.3. The Bertz CT molecular complexity index is 935. The summed E-state index contributed by atoms with van der Waals surface area (Å²) in [6.45, 7) is 4.38. The molecule has 0 atom stereocenters. The largest absolute Gasteiger partial charge is 0.497 e. The quantitative estimate of drug-likeness (QED) is 0.637. The molecule has 1 amide bonds. The Balaban J connectivity index is 2.02. The van der Waals surface area contributed by atoms with Gasteiger partial charge in [-0.15, -0.1) is 5.10 Å². The molecule has 0 bridgehead atoms. The van der Waals surface area contributed by atoms with E-state index < -0.39 is 0 Å². The molecule has 0 spiro atoms. The summed E-state index contributed by atoms with van der Waals surface area (Å²) in [6.07, 6.45) is 1.28. The van der Waals surface area contributed by atoms with E-state index in [-0.39, 0.29) is 5.91 Å². The third-order valence-electron chi connectivity index (χ3n) is 4.07. The predicted molar refractivity (Wildman–Crippen MR) is 108 cm³/mol. The molecule has 0 saturated carbocycles. The Labute approximate surface area is 164 Å². The second-order valence-electron chi connectivity index (χ2n) is 6.16. The first-order valence-electron chi connectivity index (χ1n) is 9.29. The van der Waals surface area contributed by atoms with Crippen molar-refractivity contribution in [2.75, 3.05) is 19.0 Å². The van der Waals surface area contributed by atoms with Crippen LogP contribution in [0.15, 0.2) is 48.5 Å². The molecular weight excluding hydrogens is 356 g/mol.